The van der Waals surface area contributed by atoms with E-state index >= 15 is 0 Å². The van der Waals surface area contributed by atoms with Gasteiger partial charge in [0.15, 0.2) is 6.61 Å². The highest BCUT2D eigenvalue weighted by Crippen LogP contribution is 2.20. The first-order chi connectivity index (χ1) is 13.1. The van der Waals surface area contributed by atoms with Gasteiger partial charge in [-0.15, -0.1) is 0 Å². The zero-order valence-corrected chi connectivity index (χ0v) is 17.0. The Kier molecular flexibility index (Phi) is 6.82. The van der Waals surface area contributed by atoms with Crippen LogP contribution in [0.4, 0.5) is 0 Å². The zero-order chi connectivity index (χ0) is 21.0. The number of ether oxygens (including phenoxy) is 2. The standard InChI is InChI=1S/C19H27N3O6/c1-11(2)28-18(25)16-12(3)17(20-13(16)4)19(26)27-10-15(24)22-8-6-21(7-9-22)14(5)23/h11,20H,6-10H2,1-5H3. The summed E-state index contributed by atoms with van der Waals surface area (Å²) >= 11 is 0. The van der Waals surface area contributed by atoms with Crippen molar-refractivity contribution in [1.29, 1.82) is 0 Å². The van der Waals surface area contributed by atoms with Gasteiger partial charge in [-0.3, -0.25) is 9.59 Å². The Morgan fingerprint density at radius 2 is 1.57 bits per heavy atom. The molecule has 154 valence electrons. The van der Waals surface area contributed by atoms with Gasteiger partial charge in [-0.2, -0.15) is 0 Å². The molecule has 1 aromatic rings. The minimum Gasteiger partial charge on any atom is -0.459 e. The van der Waals surface area contributed by atoms with E-state index in [4.69, 9.17) is 9.47 Å². The van der Waals surface area contributed by atoms with Gasteiger partial charge in [-0.25, -0.2) is 9.59 Å². The maximum Gasteiger partial charge on any atom is 0.355 e. The number of nitrogens with one attached hydrogen (secondary N) is 1. The van der Waals surface area contributed by atoms with Crippen molar-refractivity contribution >= 4 is 23.8 Å². The van der Waals surface area contributed by atoms with E-state index in [9.17, 15) is 19.2 Å². The molecule has 1 aliphatic rings. The van der Waals surface area contributed by atoms with Gasteiger partial charge >= 0.3 is 11.9 Å². The molecule has 0 radical (unpaired) electrons. The van der Waals surface area contributed by atoms with Gasteiger partial charge in [0.1, 0.15) is 5.69 Å². The number of H-pyrrole nitrogens is 1. The van der Waals surface area contributed by atoms with E-state index < -0.39 is 18.5 Å². The first kappa shape index (κ1) is 21.5. The number of aromatic nitrogens is 1. The van der Waals surface area contributed by atoms with Crippen molar-refractivity contribution in [3.63, 3.8) is 0 Å². The molecular weight excluding hydrogens is 366 g/mol. The van der Waals surface area contributed by atoms with E-state index in [2.05, 4.69) is 4.98 Å². The van der Waals surface area contributed by atoms with E-state index in [1.54, 1.807) is 37.5 Å². The molecule has 28 heavy (non-hydrogen) atoms. The van der Waals surface area contributed by atoms with Crippen LogP contribution in [0, 0.1) is 13.8 Å². The number of aryl methyl sites for hydroxylation is 1. The molecule has 0 aromatic carbocycles. The summed E-state index contributed by atoms with van der Waals surface area (Å²) in [6.45, 7) is 9.60. The number of rotatable bonds is 5. The van der Waals surface area contributed by atoms with Crippen molar-refractivity contribution in [3.8, 4) is 0 Å². The molecule has 9 nitrogen and oxygen atoms in total. The van der Waals surface area contributed by atoms with Crippen molar-refractivity contribution in [2.24, 2.45) is 0 Å². The highest BCUT2D eigenvalue weighted by Gasteiger charge is 2.26. The molecule has 0 spiro atoms. The Labute approximate surface area is 164 Å². The van der Waals surface area contributed by atoms with Crippen LogP contribution < -0.4 is 0 Å². The summed E-state index contributed by atoms with van der Waals surface area (Å²) in [4.78, 5) is 54.2. The number of amides is 2. The highest BCUT2D eigenvalue weighted by atomic mass is 16.5. The number of piperazine rings is 1. The molecule has 9 heteroatoms. The third-order valence-electron chi connectivity index (χ3n) is 4.59. The van der Waals surface area contributed by atoms with Crippen LogP contribution in [0.1, 0.15) is 52.9 Å². The molecule has 1 fully saturated rings. The molecule has 0 saturated carbocycles. The third-order valence-corrected chi connectivity index (χ3v) is 4.59. The summed E-state index contributed by atoms with van der Waals surface area (Å²) in [5.41, 5.74) is 1.35. The van der Waals surface area contributed by atoms with Crippen LogP contribution in [-0.4, -0.2) is 77.4 Å². The average molecular weight is 393 g/mol. The Morgan fingerprint density at radius 3 is 2.11 bits per heavy atom. The van der Waals surface area contributed by atoms with Crippen LogP contribution in [0.2, 0.25) is 0 Å². The van der Waals surface area contributed by atoms with Gasteiger partial charge in [0.25, 0.3) is 5.91 Å². The topological polar surface area (TPSA) is 109 Å². The summed E-state index contributed by atoms with van der Waals surface area (Å²) in [5, 5.41) is 0. The smallest absolute Gasteiger partial charge is 0.355 e. The number of carbonyl (C=O) groups excluding carboxylic acids is 4. The predicted octanol–water partition coefficient (Wildman–Crippen LogP) is 1.04. The normalized spacial score (nSPS) is 14.2. The molecule has 2 amide bonds. The maximum absolute atomic E-state index is 12.4. The van der Waals surface area contributed by atoms with Gasteiger partial charge in [-0.05, 0) is 33.3 Å². The zero-order valence-electron chi connectivity index (χ0n) is 17.0. The molecule has 1 aromatic heterocycles. The lowest BCUT2D eigenvalue weighted by Gasteiger charge is -2.34. The molecule has 2 rings (SSSR count). The predicted molar refractivity (Wildman–Crippen MR) is 99.9 cm³/mol. The molecule has 1 aliphatic heterocycles. The van der Waals surface area contributed by atoms with E-state index in [1.165, 1.54) is 6.92 Å². The molecule has 0 bridgehead atoms. The van der Waals surface area contributed by atoms with Crippen LogP contribution in [0.15, 0.2) is 0 Å². The van der Waals surface area contributed by atoms with Crippen molar-refractivity contribution < 1.29 is 28.7 Å². The third kappa shape index (κ3) is 4.90. The van der Waals surface area contributed by atoms with Gasteiger partial charge in [0.05, 0.1) is 11.7 Å². The van der Waals surface area contributed by atoms with Crippen LogP contribution in [0.25, 0.3) is 0 Å². The Bertz CT molecular complexity index is 775. The maximum atomic E-state index is 12.4. The van der Waals surface area contributed by atoms with Crippen molar-refractivity contribution in [2.45, 2.75) is 40.7 Å². The van der Waals surface area contributed by atoms with Gasteiger partial charge in [0.2, 0.25) is 5.91 Å². The summed E-state index contributed by atoms with van der Waals surface area (Å²) in [6.07, 6.45) is -0.280. The summed E-state index contributed by atoms with van der Waals surface area (Å²) in [5.74, 6) is -1.57. The van der Waals surface area contributed by atoms with Gasteiger partial charge in [0, 0.05) is 38.8 Å². The Hall–Kier alpha value is -2.84. The monoisotopic (exact) mass is 393 g/mol. The SMILES string of the molecule is CC(=O)N1CCN(C(=O)COC(=O)c2[nH]c(C)c(C(=O)OC(C)C)c2C)CC1. The molecular formula is C19H27N3O6. The van der Waals surface area contributed by atoms with Crippen molar-refractivity contribution in [1.82, 2.24) is 14.8 Å². The number of hydrogen-bond acceptors (Lipinski definition) is 6. The van der Waals surface area contributed by atoms with Crippen LogP contribution in [-0.2, 0) is 19.1 Å². The second-order valence-corrected chi connectivity index (χ2v) is 7.04. The lowest BCUT2D eigenvalue weighted by molar-refractivity contribution is -0.140. The average Bonchev–Trinajstić information content (AvgIpc) is 2.93. The fourth-order valence-corrected chi connectivity index (χ4v) is 3.09. The lowest BCUT2D eigenvalue weighted by Crippen LogP contribution is -2.51. The molecule has 0 unspecified atom stereocenters. The quantitative estimate of drug-likeness (QED) is 0.749. The fraction of sp³-hybridized carbons (Fsp3) is 0.579. The molecule has 1 N–H and O–H groups in total. The first-order valence-electron chi connectivity index (χ1n) is 9.22. The number of carbonyl (C=O) groups is 4. The largest absolute Gasteiger partial charge is 0.459 e. The first-order valence-corrected chi connectivity index (χ1v) is 9.22. The summed E-state index contributed by atoms with van der Waals surface area (Å²) in [7, 11) is 0. The van der Waals surface area contributed by atoms with Crippen LogP contribution >= 0.6 is 0 Å². The second-order valence-electron chi connectivity index (χ2n) is 7.04. The van der Waals surface area contributed by atoms with Crippen molar-refractivity contribution in [3.05, 3.63) is 22.5 Å². The van der Waals surface area contributed by atoms with Gasteiger partial charge < -0.3 is 24.3 Å². The van der Waals surface area contributed by atoms with Gasteiger partial charge in [-0.1, -0.05) is 0 Å². The van der Waals surface area contributed by atoms with E-state index in [0.29, 0.717) is 43.0 Å². The van der Waals surface area contributed by atoms with Crippen LogP contribution in [0.3, 0.4) is 0 Å². The Balaban J connectivity index is 1.96. The fourth-order valence-electron chi connectivity index (χ4n) is 3.09. The van der Waals surface area contributed by atoms with E-state index in [-0.39, 0.29) is 23.6 Å². The van der Waals surface area contributed by atoms with Crippen LogP contribution in [0.5, 0.6) is 0 Å². The van der Waals surface area contributed by atoms with Crippen molar-refractivity contribution in [2.75, 3.05) is 32.8 Å². The molecule has 2 heterocycles. The van der Waals surface area contributed by atoms with E-state index in [0.717, 1.165) is 0 Å². The lowest BCUT2D eigenvalue weighted by atomic mass is 10.1. The van der Waals surface area contributed by atoms with E-state index in [1.807, 2.05) is 0 Å². The number of aromatic amines is 1. The molecule has 0 aliphatic carbocycles. The minimum absolute atomic E-state index is 0.0251. The summed E-state index contributed by atoms with van der Waals surface area (Å²) < 4.78 is 10.3. The molecule has 1 saturated heterocycles. The number of nitrogens with zero attached hydrogens (tertiary/aromatic N) is 2. The summed E-state index contributed by atoms with van der Waals surface area (Å²) in [6, 6.07) is 0. The number of esters is 2. The highest BCUT2D eigenvalue weighted by molar-refractivity contribution is 5.99. The number of hydrogen-bond donors (Lipinski definition) is 1. The second kappa shape index (κ2) is 8.90. The molecule has 0 atom stereocenters. The minimum atomic E-state index is -0.708. The Morgan fingerprint density at radius 1 is 1.00 bits per heavy atom.